The molecule has 1 fully saturated rings. The lowest BCUT2D eigenvalue weighted by atomic mass is 9.80. The molecule has 1 heterocycles. The van der Waals surface area contributed by atoms with Crippen LogP contribution in [-0.4, -0.2) is 25.8 Å². The first kappa shape index (κ1) is 16.5. The average Bonchev–Trinajstić information content (AvgIpc) is 2.88. The van der Waals surface area contributed by atoms with Crippen LogP contribution in [0.4, 0.5) is 0 Å². The molecule has 1 saturated heterocycles. The smallest absolute Gasteiger partial charge is 0.218 e. The Hall–Kier alpha value is -0.910. The predicted molar refractivity (Wildman–Crippen MR) is 86.1 cm³/mol. The Morgan fingerprint density at radius 2 is 1.95 bits per heavy atom. The van der Waals surface area contributed by atoms with E-state index in [0.29, 0.717) is 25.6 Å². The fraction of sp³-hybridized carbons (Fsp3) is 0.625. The van der Waals surface area contributed by atoms with E-state index in [1.807, 2.05) is 24.3 Å². The Morgan fingerprint density at radius 3 is 2.52 bits per heavy atom. The first-order valence-corrected chi connectivity index (χ1v) is 9.09. The number of benzene rings is 1. The first-order chi connectivity index (χ1) is 9.72. The van der Waals surface area contributed by atoms with Gasteiger partial charge in [0, 0.05) is 19.6 Å². The molecule has 0 aliphatic carbocycles. The van der Waals surface area contributed by atoms with Gasteiger partial charge < -0.3 is 5.73 Å². The van der Waals surface area contributed by atoms with E-state index in [4.69, 9.17) is 5.73 Å². The summed E-state index contributed by atoms with van der Waals surface area (Å²) in [6.45, 7) is 8.25. The third-order valence-electron chi connectivity index (χ3n) is 4.35. The van der Waals surface area contributed by atoms with Gasteiger partial charge in [-0.25, -0.2) is 12.7 Å². The van der Waals surface area contributed by atoms with Crippen LogP contribution in [-0.2, 0) is 22.3 Å². The van der Waals surface area contributed by atoms with Crippen LogP contribution in [0.15, 0.2) is 24.3 Å². The average molecular weight is 310 g/mol. The fourth-order valence-electron chi connectivity index (χ4n) is 2.84. The van der Waals surface area contributed by atoms with Gasteiger partial charge in [0.1, 0.15) is 0 Å². The maximum Gasteiger partial charge on any atom is 0.218 e. The van der Waals surface area contributed by atoms with Gasteiger partial charge in [-0.15, -0.1) is 0 Å². The molecule has 1 unspecified atom stereocenters. The zero-order valence-corrected chi connectivity index (χ0v) is 14.0. The molecule has 0 radical (unpaired) electrons. The Labute approximate surface area is 128 Å². The zero-order valence-electron chi connectivity index (χ0n) is 13.2. The molecule has 0 bridgehead atoms. The third kappa shape index (κ3) is 4.05. The number of sulfonamides is 1. The van der Waals surface area contributed by atoms with Crippen molar-refractivity contribution in [3.05, 3.63) is 35.4 Å². The third-order valence-corrected chi connectivity index (χ3v) is 6.16. The van der Waals surface area contributed by atoms with Crippen LogP contribution in [0.25, 0.3) is 0 Å². The summed E-state index contributed by atoms with van der Waals surface area (Å²) in [5, 5.41) is 0. The van der Waals surface area contributed by atoms with E-state index in [1.165, 1.54) is 0 Å². The van der Waals surface area contributed by atoms with Crippen molar-refractivity contribution >= 4 is 10.0 Å². The van der Waals surface area contributed by atoms with Crippen molar-refractivity contribution in [1.29, 1.82) is 0 Å². The number of hydrogen-bond donors (Lipinski definition) is 1. The maximum absolute atomic E-state index is 12.6. The number of hydrogen-bond acceptors (Lipinski definition) is 3. The molecule has 1 atom stereocenters. The van der Waals surface area contributed by atoms with Crippen molar-refractivity contribution in [3.63, 3.8) is 0 Å². The summed E-state index contributed by atoms with van der Waals surface area (Å²) in [4.78, 5) is 0. The van der Waals surface area contributed by atoms with Gasteiger partial charge in [-0.3, -0.25) is 0 Å². The van der Waals surface area contributed by atoms with Crippen LogP contribution in [0.3, 0.4) is 0 Å². The molecule has 4 nitrogen and oxygen atoms in total. The van der Waals surface area contributed by atoms with Crippen molar-refractivity contribution in [2.75, 3.05) is 13.1 Å². The fourth-order valence-corrected chi connectivity index (χ4v) is 4.41. The SMILES string of the molecule is CC(C)(C)C1CCN(S(=O)(=O)Cc2cccc(CN)c2)C1. The molecule has 118 valence electrons. The highest BCUT2D eigenvalue weighted by Gasteiger charge is 2.36. The molecular formula is C16H26N2O2S. The van der Waals surface area contributed by atoms with Gasteiger partial charge >= 0.3 is 0 Å². The minimum atomic E-state index is -3.24. The van der Waals surface area contributed by atoms with Gasteiger partial charge in [0.2, 0.25) is 10.0 Å². The second-order valence-electron chi connectivity index (χ2n) is 6.99. The number of nitrogens with two attached hydrogens (primary N) is 1. The lowest BCUT2D eigenvalue weighted by Crippen LogP contribution is -2.32. The van der Waals surface area contributed by atoms with Crippen molar-refractivity contribution in [3.8, 4) is 0 Å². The highest BCUT2D eigenvalue weighted by atomic mass is 32.2. The minimum Gasteiger partial charge on any atom is -0.326 e. The van der Waals surface area contributed by atoms with E-state index >= 15 is 0 Å². The summed E-state index contributed by atoms with van der Waals surface area (Å²) in [6, 6.07) is 7.53. The Balaban J connectivity index is 2.09. The lowest BCUT2D eigenvalue weighted by molar-refractivity contribution is 0.252. The van der Waals surface area contributed by atoms with Gasteiger partial charge in [0.25, 0.3) is 0 Å². The van der Waals surface area contributed by atoms with Crippen LogP contribution in [0, 0.1) is 11.3 Å². The maximum atomic E-state index is 12.6. The number of nitrogens with zero attached hydrogens (tertiary/aromatic N) is 1. The Morgan fingerprint density at radius 1 is 1.29 bits per heavy atom. The summed E-state index contributed by atoms with van der Waals surface area (Å²) in [6.07, 6.45) is 0.950. The second-order valence-corrected chi connectivity index (χ2v) is 8.96. The Bertz CT molecular complexity index is 591. The molecule has 21 heavy (non-hydrogen) atoms. The van der Waals surface area contributed by atoms with Crippen LogP contribution in [0.2, 0.25) is 0 Å². The standard InChI is InChI=1S/C16H26N2O2S/c1-16(2,3)15-7-8-18(11-15)21(19,20)12-14-6-4-5-13(9-14)10-17/h4-6,9,15H,7-8,10-12,17H2,1-3H3. The molecule has 1 aromatic rings. The monoisotopic (exact) mass is 310 g/mol. The molecule has 5 heteroatoms. The topological polar surface area (TPSA) is 63.4 Å². The van der Waals surface area contributed by atoms with Crippen LogP contribution in [0.1, 0.15) is 38.3 Å². The second kappa shape index (κ2) is 6.07. The van der Waals surface area contributed by atoms with Gasteiger partial charge in [-0.1, -0.05) is 45.0 Å². The van der Waals surface area contributed by atoms with Crippen LogP contribution < -0.4 is 5.73 Å². The molecule has 1 aliphatic rings. The van der Waals surface area contributed by atoms with E-state index in [2.05, 4.69) is 20.8 Å². The van der Waals surface area contributed by atoms with E-state index in [0.717, 1.165) is 17.5 Å². The predicted octanol–water partition coefficient (Wildman–Crippen LogP) is 2.34. The molecular weight excluding hydrogens is 284 g/mol. The molecule has 0 spiro atoms. The first-order valence-electron chi connectivity index (χ1n) is 7.48. The summed E-state index contributed by atoms with van der Waals surface area (Å²) < 4.78 is 26.8. The summed E-state index contributed by atoms with van der Waals surface area (Å²) in [5.41, 5.74) is 7.55. The molecule has 0 amide bonds. The largest absolute Gasteiger partial charge is 0.326 e. The highest BCUT2D eigenvalue weighted by molar-refractivity contribution is 7.88. The van der Waals surface area contributed by atoms with Gasteiger partial charge in [0.05, 0.1) is 5.75 Å². The van der Waals surface area contributed by atoms with E-state index in [1.54, 1.807) is 4.31 Å². The summed E-state index contributed by atoms with van der Waals surface area (Å²) >= 11 is 0. The normalized spacial score (nSPS) is 20.9. The van der Waals surface area contributed by atoms with Crippen LogP contribution in [0.5, 0.6) is 0 Å². The van der Waals surface area contributed by atoms with Crippen molar-refractivity contribution in [2.45, 2.75) is 39.5 Å². The van der Waals surface area contributed by atoms with Gasteiger partial charge in [-0.2, -0.15) is 0 Å². The summed E-state index contributed by atoms with van der Waals surface area (Å²) in [7, 11) is -3.24. The highest BCUT2D eigenvalue weighted by Crippen LogP contribution is 2.35. The van der Waals surface area contributed by atoms with Crippen molar-refractivity contribution in [1.82, 2.24) is 4.31 Å². The lowest BCUT2D eigenvalue weighted by Gasteiger charge is -2.26. The zero-order chi connectivity index (χ0) is 15.7. The molecule has 0 aromatic heterocycles. The van der Waals surface area contributed by atoms with Gasteiger partial charge in [-0.05, 0) is 28.9 Å². The molecule has 2 rings (SSSR count). The van der Waals surface area contributed by atoms with E-state index < -0.39 is 10.0 Å². The molecule has 1 aromatic carbocycles. The van der Waals surface area contributed by atoms with Crippen LogP contribution >= 0.6 is 0 Å². The van der Waals surface area contributed by atoms with E-state index in [-0.39, 0.29) is 11.2 Å². The summed E-state index contributed by atoms with van der Waals surface area (Å²) in [5.74, 6) is 0.500. The molecule has 1 aliphatic heterocycles. The quantitative estimate of drug-likeness (QED) is 0.928. The molecule has 2 N–H and O–H groups in total. The Kier molecular flexibility index (Phi) is 4.76. The number of rotatable bonds is 4. The van der Waals surface area contributed by atoms with E-state index in [9.17, 15) is 8.42 Å². The van der Waals surface area contributed by atoms with Crippen molar-refractivity contribution < 1.29 is 8.42 Å². The van der Waals surface area contributed by atoms with Crippen molar-refractivity contribution in [2.24, 2.45) is 17.1 Å². The minimum absolute atomic E-state index is 0.0672. The van der Waals surface area contributed by atoms with Gasteiger partial charge in [0.15, 0.2) is 0 Å². The molecule has 0 saturated carbocycles.